The Morgan fingerprint density at radius 1 is 1.25 bits per heavy atom. The SMILES string of the molecule is CCOC(=O)N1CCN(C(=O)c2ccnc(NC(C)CC)n2)CC1. The molecule has 1 atom stereocenters. The van der Waals surface area contributed by atoms with Gasteiger partial charge in [0.2, 0.25) is 5.95 Å². The van der Waals surface area contributed by atoms with Crippen LogP contribution < -0.4 is 5.32 Å². The zero-order chi connectivity index (χ0) is 17.5. The summed E-state index contributed by atoms with van der Waals surface area (Å²) in [6.45, 7) is 8.09. The maximum Gasteiger partial charge on any atom is 0.409 e. The van der Waals surface area contributed by atoms with E-state index in [2.05, 4.69) is 22.2 Å². The fraction of sp³-hybridized carbons (Fsp3) is 0.625. The first-order chi connectivity index (χ1) is 11.5. The van der Waals surface area contributed by atoms with E-state index in [1.807, 2.05) is 6.92 Å². The highest BCUT2D eigenvalue weighted by atomic mass is 16.6. The molecule has 2 rings (SSSR count). The average Bonchev–Trinajstić information content (AvgIpc) is 2.61. The number of nitrogens with zero attached hydrogens (tertiary/aromatic N) is 4. The van der Waals surface area contributed by atoms with Crippen LogP contribution in [0.4, 0.5) is 10.7 Å². The third-order valence-corrected chi connectivity index (χ3v) is 3.96. The van der Waals surface area contributed by atoms with Crippen molar-refractivity contribution in [1.82, 2.24) is 19.8 Å². The van der Waals surface area contributed by atoms with Gasteiger partial charge in [-0.05, 0) is 26.3 Å². The predicted molar refractivity (Wildman–Crippen MR) is 89.9 cm³/mol. The Balaban J connectivity index is 1.95. The molecule has 8 heteroatoms. The summed E-state index contributed by atoms with van der Waals surface area (Å²) in [7, 11) is 0. The number of hydrogen-bond donors (Lipinski definition) is 1. The highest BCUT2D eigenvalue weighted by Crippen LogP contribution is 2.10. The second-order valence-electron chi connectivity index (χ2n) is 5.70. The first-order valence-electron chi connectivity index (χ1n) is 8.35. The van der Waals surface area contributed by atoms with Crippen molar-refractivity contribution >= 4 is 17.9 Å². The molecule has 1 fully saturated rings. The zero-order valence-electron chi connectivity index (χ0n) is 14.5. The van der Waals surface area contributed by atoms with Gasteiger partial charge >= 0.3 is 6.09 Å². The van der Waals surface area contributed by atoms with E-state index >= 15 is 0 Å². The van der Waals surface area contributed by atoms with E-state index in [0.29, 0.717) is 44.4 Å². The Kier molecular flexibility index (Phi) is 6.34. The summed E-state index contributed by atoms with van der Waals surface area (Å²) in [5.41, 5.74) is 0.361. The van der Waals surface area contributed by atoms with Crippen LogP contribution in [-0.4, -0.2) is 70.6 Å². The molecule has 1 aliphatic rings. The molecule has 1 unspecified atom stereocenters. The molecular formula is C16H25N5O3. The van der Waals surface area contributed by atoms with Gasteiger partial charge in [0.05, 0.1) is 6.61 Å². The van der Waals surface area contributed by atoms with Gasteiger partial charge in [0.25, 0.3) is 5.91 Å². The van der Waals surface area contributed by atoms with Crippen molar-refractivity contribution in [3.05, 3.63) is 18.0 Å². The molecule has 0 aromatic carbocycles. The topological polar surface area (TPSA) is 87.7 Å². The van der Waals surface area contributed by atoms with Gasteiger partial charge in [-0.15, -0.1) is 0 Å². The first-order valence-corrected chi connectivity index (χ1v) is 8.35. The highest BCUT2D eigenvalue weighted by Gasteiger charge is 2.26. The molecule has 0 aliphatic carbocycles. The molecule has 24 heavy (non-hydrogen) atoms. The Morgan fingerprint density at radius 2 is 1.92 bits per heavy atom. The lowest BCUT2D eigenvalue weighted by Crippen LogP contribution is -2.50. The Labute approximate surface area is 142 Å². The summed E-state index contributed by atoms with van der Waals surface area (Å²) in [4.78, 5) is 36.0. The van der Waals surface area contributed by atoms with Gasteiger partial charge in [-0.1, -0.05) is 6.92 Å². The van der Waals surface area contributed by atoms with Gasteiger partial charge in [-0.3, -0.25) is 4.79 Å². The standard InChI is InChI=1S/C16H25N5O3/c1-4-12(3)18-15-17-7-6-13(19-15)14(22)20-8-10-21(11-9-20)16(23)24-5-2/h6-7,12H,4-5,8-11H2,1-3H3,(H,17,18,19). The number of nitrogens with one attached hydrogen (secondary N) is 1. The molecule has 0 bridgehead atoms. The van der Waals surface area contributed by atoms with E-state index in [4.69, 9.17) is 4.74 Å². The van der Waals surface area contributed by atoms with Crippen LogP contribution in [0.3, 0.4) is 0 Å². The number of anilines is 1. The minimum Gasteiger partial charge on any atom is -0.450 e. The summed E-state index contributed by atoms with van der Waals surface area (Å²) in [5, 5.41) is 3.16. The van der Waals surface area contributed by atoms with Crippen LogP contribution in [0.1, 0.15) is 37.7 Å². The monoisotopic (exact) mass is 335 g/mol. The number of amides is 2. The second-order valence-corrected chi connectivity index (χ2v) is 5.70. The van der Waals surface area contributed by atoms with Crippen molar-refractivity contribution in [3.8, 4) is 0 Å². The molecule has 0 radical (unpaired) electrons. The van der Waals surface area contributed by atoms with E-state index in [1.165, 1.54) is 0 Å². The fourth-order valence-electron chi connectivity index (χ4n) is 2.34. The number of aromatic nitrogens is 2. The third kappa shape index (κ3) is 4.56. The zero-order valence-corrected chi connectivity index (χ0v) is 14.5. The van der Waals surface area contributed by atoms with Crippen LogP contribution in [-0.2, 0) is 4.74 Å². The first kappa shape index (κ1) is 18.0. The lowest BCUT2D eigenvalue weighted by atomic mass is 10.2. The van der Waals surface area contributed by atoms with E-state index in [1.54, 1.807) is 29.0 Å². The van der Waals surface area contributed by atoms with Crippen molar-refractivity contribution in [2.24, 2.45) is 0 Å². The molecule has 1 aromatic heterocycles. The molecule has 0 saturated carbocycles. The highest BCUT2D eigenvalue weighted by molar-refractivity contribution is 5.92. The van der Waals surface area contributed by atoms with Gasteiger partial charge in [-0.2, -0.15) is 0 Å². The van der Waals surface area contributed by atoms with Crippen molar-refractivity contribution < 1.29 is 14.3 Å². The number of piperazine rings is 1. The smallest absolute Gasteiger partial charge is 0.409 e. The van der Waals surface area contributed by atoms with Crippen molar-refractivity contribution in [1.29, 1.82) is 0 Å². The van der Waals surface area contributed by atoms with E-state index in [9.17, 15) is 9.59 Å². The van der Waals surface area contributed by atoms with Crippen LogP contribution >= 0.6 is 0 Å². The molecule has 0 spiro atoms. The average molecular weight is 335 g/mol. The summed E-state index contributed by atoms with van der Waals surface area (Å²) in [6, 6.07) is 1.85. The normalized spacial score (nSPS) is 15.8. The van der Waals surface area contributed by atoms with Crippen molar-refractivity contribution in [2.75, 3.05) is 38.1 Å². The summed E-state index contributed by atoms with van der Waals surface area (Å²) in [6.07, 6.45) is 2.20. The molecule has 2 amide bonds. The van der Waals surface area contributed by atoms with Crippen LogP contribution in [0.2, 0.25) is 0 Å². The second kappa shape index (κ2) is 8.47. The van der Waals surface area contributed by atoms with E-state index in [-0.39, 0.29) is 18.0 Å². The van der Waals surface area contributed by atoms with Gasteiger partial charge in [0.1, 0.15) is 5.69 Å². The third-order valence-electron chi connectivity index (χ3n) is 3.96. The number of carbonyl (C=O) groups is 2. The van der Waals surface area contributed by atoms with Crippen LogP contribution in [0.5, 0.6) is 0 Å². The van der Waals surface area contributed by atoms with Crippen molar-refractivity contribution in [3.63, 3.8) is 0 Å². The molecule has 1 N–H and O–H groups in total. The largest absolute Gasteiger partial charge is 0.450 e. The maximum absolute atomic E-state index is 12.6. The van der Waals surface area contributed by atoms with E-state index in [0.717, 1.165) is 6.42 Å². The minimum atomic E-state index is -0.327. The Bertz CT molecular complexity index is 573. The van der Waals surface area contributed by atoms with Crippen LogP contribution in [0, 0.1) is 0 Å². The molecular weight excluding hydrogens is 310 g/mol. The molecule has 2 heterocycles. The van der Waals surface area contributed by atoms with Crippen LogP contribution in [0.15, 0.2) is 12.3 Å². The fourth-order valence-corrected chi connectivity index (χ4v) is 2.34. The molecule has 8 nitrogen and oxygen atoms in total. The lowest BCUT2D eigenvalue weighted by molar-refractivity contribution is 0.0566. The van der Waals surface area contributed by atoms with Gasteiger partial charge in [0, 0.05) is 38.4 Å². The summed E-state index contributed by atoms with van der Waals surface area (Å²) < 4.78 is 4.98. The van der Waals surface area contributed by atoms with Crippen molar-refractivity contribution in [2.45, 2.75) is 33.2 Å². The Hall–Kier alpha value is -2.38. The van der Waals surface area contributed by atoms with Crippen LogP contribution in [0.25, 0.3) is 0 Å². The Morgan fingerprint density at radius 3 is 2.54 bits per heavy atom. The molecule has 132 valence electrons. The molecule has 1 aromatic rings. The van der Waals surface area contributed by atoms with E-state index < -0.39 is 0 Å². The van der Waals surface area contributed by atoms with Gasteiger partial charge in [-0.25, -0.2) is 14.8 Å². The summed E-state index contributed by atoms with van der Waals surface area (Å²) in [5.74, 6) is 0.313. The molecule has 1 aliphatic heterocycles. The number of rotatable bonds is 5. The van der Waals surface area contributed by atoms with Gasteiger partial charge < -0.3 is 19.9 Å². The maximum atomic E-state index is 12.6. The number of ether oxygens (including phenoxy) is 1. The number of carbonyl (C=O) groups excluding carboxylic acids is 2. The minimum absolute atomic E-state index is 0.145. The summed E-state index contributed by atoms with van der Waals surface area (Å²) >= 11 is 0. The van der Waals surface area contributed by atoms with Gasteiger partial charge in [0.15, 0.2) is 0 Å². The quantitative estimate of drug-likeness (QED) is 0.879. The lowest BCUT2D eigenvalue weighted by Gasteiger charge is -2.33. The molecule has 1 saturated heterocycles. The predicted octanol–water partition coefficient (Wildman–Crippen LogP) is 1.60. The number of hydrogen-bond acceptors (Lipinski definition) is 6.